The van der Waals surface area contributed by atoms with Crippen LogP contribution in [0.15, 0.2) is 42.5 Å². The van der Waals surface area contributed by atoms with Crippen molar-refractivity contribution in [3.63, 3.8) is 0 Å². The molecule has 0 unspecified atom stereocenters. The zero-order valence-corrected chi connectivity index (χ0v) is 22.7. The Balaban J connectivity index is 1.51. The third-order valence-corrected chi connectivity index (χ3v) is 8.65. The second-order valence-electron chi connectivity index (χ2n) is 9.87. The van der Waals surface area contributed by atoms with E-state index >= 15 is 0 Å². The summed E-state index contributed by atoms with van der Waals surface area (Å²) < 4.78 is 45.9. The van der Waals surface area contributed by atoms with Crippen LogP contribution in [0.25, 0.3) is 10.6 Å². The molecule has 0 spiro atoms. The summed E-state index contributed by atoms with van der Waals surface area (Å²) in [5.41, 5.74) is 4.23. The first-order valence-corrected chi connectivity index (χ1v) is 13.1. The van der Waals surface area contributed by atoms with Crippen molar-refractivity contribution in [2.75, 3.05) is 14.1 Å². The zero-order valence-electron chi connectivity index (χ0n) is 21.1. The largest absolute Gasteiger partial charge is 0.445 e. The average molecular weight is 569 g/mol. The molecule has 1 aliphatic carbocycles. The van der Waals surface area contributed by atoms with Crippen LogP contribution >= 0.6 is 22.9 Å². The van der Waals surface area contributed by atoms with Gasteiger partial charge in [-0.25, -0.2) is 4.79 Å². The predicted octanol–water partition coefficient (Wildman–Crippen LogP) is 5.32. The van der Waals surface area contributed by atoms with Crippen molar-refractivity contribution < 1.29 is 27.5 Å². The Labute approximate surface area is 227 Å². The number of rotatable bonds is 7. The molecule has 0 atom stereocenters. The third-order valence-electron chi connectivity index (χ3n) is 7.33. The van der Waals surface area contributed by atoms with E-state index in [0.717, 1.165) is 27.6 Å². The lowest BCUT2D eigenvalue weighted by molar-refractivity contribution is -0.144. The van der Waals surface area contributed by atoms with Crippen LogP contribution in [0.1, 0.15) is 46.6 Å². The number of hydrogen-bond donors (Lipinski definition) is 1. The molecule has 2 heterocycles. The van der Waals surface area contributed by atoms with Gasteiger partial charge in [0.05, 0.1) is 4.88 Å². The van der Waals surface area contributed by atoms with E-state index in [0.29, 0.717) is 29.2 Å². The second kappa shape index (κ2) is 10.3. The number of esters is 1. The van der Waals surface area contributed by atoms with Gasteiger partial charge in [0, 0.05) is 17.6 Å². The van der Waals surface area contributed by atoms with Gasteiger partial charge in [-0.15, -0.1) is 11.3 Å². The van der Waals surface area contributed by atoms with Gasteiger partial charge in [0.25, 0.3) is 5.91 Å². The molecular formula is C26H28ClF3N4O3S. The summed E-state index contributed by atoms with van der Waals surface area (Å²) in [4.78, 5) is 28.3. The first-order valence-electron chi connectivity index (χ1n) is 11.9. The topological polar surface area (TPSA) is 90.4 Å². The van der Waals surface area contributed by atoms with Gasteiger partial charge >= 0.3 is 12.1 Å². The minimum atomic E-state index is -4.55. The van der Waals surface area contributed by atoms with Crippen LogP contribution in [0.3, 0.4) is 0 Å². The maximum absolute atomic E-state index is 13.1. The molecule has 7 nitrogen and oxygen atoms in total. The SMILES string of the molecule is CN(C)C1(Cc2cccc(Cl)c2)CCC(OC(=O)c2ccc(-c3cc(C(F)(F)F)n(C)n3)s2)(C(N)=O)CC1. The summed E-state index contributed by atoms with van der Waals surface area (Å²) in [6, 6.07) is 11.5. The van der Waals surface area contributed by atoms with E-state index in [1.54, 1.807) is 0 Å². The summed E-state index contributed by atoms with van der Waals surface area (Å²) >= 11 is 7.12. The maximum Gasteiger partial charge on any atom is 0.433 e. The number of alkyl halides is 3. The first-order chi connectivity index (χ1) is 17.7. The van der Waals surface area contributed by atoms with Gasteiger partial charge in [0.15, 0.2) is 5.60 Å². The molecule has 3 aromatic rings. The number of aromatic nitrogens is 2. The smallest absolute Gasteiger partial charge is 0.433 e. The molecule has 0 bridgehead atoms. The van der Waals surface area contributed by atoms with Gasteiger partial charge in [-0.1, -0.05) is 23.7 Å². The Morgan fingerprint density at radius 2 is 1.84 bits per heavy atom. The van der Waals surface area contributed by atoms with Crippen molar-refractivity contribution in [2.24, 2.45) is 12.8 Å². The molecule has 38 heavy (non-hydrogen) atoms. The Hall–Kier alpha value is -2.89. The molecule has 12 heteroatoms. The normalized spacial score (nSPS) is 22.0. The molecule has 1 fully saturated rings. The fourth-order valence-electron chi connectivity index (χ4n) is 4.99. The van der Waals surface area contributed by atoms with E-state index in [2.05, 4.69) is 10.00 Å². The summed E-state index contributed by atoms with van der Waals surface area (Å²) in [6.07, 6.45) is -2.29. The van der Waals surface area contributed by atoms with Crippen LogP contribution in [-0.4, -0.2) is 51.8 Å². The van der Waals surface area contributed by atoms with Crippen molar-refractivity contribution in [3.8, 4) is 10.6 Å². The minimum Gasteiger partial charge on any atom is -0.445 e. The molecule has 0 aliphatic heterocycles. The standard InChI is InChI=1S/C26H28ClF3N4O3S/c1-33(2)24(15-16-5-4-6-17(27)13-16)9-11-25(12-10-24,23(31)36)37-22(35)20-8-7-19(38-20)18-14-21(26(28,29)30)34(3)32-18/h4-8,13-14H,9-12,15H2,1-3H3,(H2,31,36). The lowest BCUT2D eigenvalue weighted by Gasteiger charge is -2.48. The minimum absolute atomic E-state index is 0.0861. The molecule has 0 saturated heterocycles. The highest BCUT2D eigenvalue weighted by molar-refractivity contribution is 7.17. The quantitative estimate of drug-likeness (QED) is 0.390. The maximum atomic E-state index is 13.1. The number of halogens is 4. The Kier molecular flexibility index (Phi) is 7.66. The summed E-state index contributed by atoms with van der Waals surface area (Å²) in [5, 5.41) is 4.56. The van der Waals surface area contributed by atoms with Gasteiger partial charge in [0.2, 0.25) is 0 Å². The molecule has 1 saturated carbocycles. The Morgan fingerprint density at radius 3 is 2.39 bits per heavy atom. The molecule has 1 aromatic carbocycles. The number of amides is 1. The fourth-order valence-corrected chi connectivity index (χ4v) is 6.04. The van der Waals surface area contributed by atoms with E-state index in [1.165, 1.54) is 19.2 Å². The highest BCUT2D eigenvalue weighted by atomic mass is 35.5. The fraction of sp³-hybridized carbons (Fsp3) is 0.423. The van der Waals surface area contributed by atoms with Crippen molar-refractivity contribution >= 4 is 34.8 Å². The van der Waals surface area contributed by atoms with Crippen molar-refractivity contribution in [1.82, 2.24) is 14.7 Å². The summed E-state index contributed by atoms with van der Waals surface area (Å²) in [6.45, 7) is 0. The highest BCUT2D eigenvalue weighted by Gasteiger charge is 2.50. The highest BCUT2D eigenvalue weighted by Crippen LogP contribution is 2.43. The second-order valence-corrected chi connectivity index (χ2v) is 11.4. The lowest BCUT2D eigenvalue weighted by Crippen LogP contribution is -2.57. The van der Waals surface area contributed by atoms with Crippen molar-refractivity contribution in [2.45, 2.75) is 49.4 Å². The van der Waals surface area contributed by atoms with Crippen LogP contribution in [0.5, 0.6) is 0 Å². The van der Waals surface area contributed by atoms with Crippen LogP contribution in [0.4, 0.5) is 13.2 Å². The molecule has 1 amide bonds. The molecule has 204 valence electrons. The van der Waals surface area contributed by atoms with Gasteiger partial charge in [0.1, 0.15) is 16.3 Å². The van der Waals surface area contributed by atoms with Crippen molar-refractivity contribution in [1.29, 1.82) is 0 Å². The van der Waals surface area contributed by atoms with Gasteiger partial charge in [-0.3, -0.25) is 9.48 Å². The van der Waals surface area contributed by atoms with E-state index in [-0.39, 0.29) is 29.0 Å². The van der Waals surface area contributed by atoms with Gasteiger partial charge < -0.3 is 15.4 Å². The molecule has 2 aromatic heterocycles. The van der Waals surface area contributed by atoms with Gasteiger partial charge in [-0.05, 0) is 82.1 Å². The monoisotopic (exact) mass is 568 g/mol. The van der Waals surface area contributed by atoms with Crippen molar-refractivity contribution in [3.05, 3.63) is 63.6 Å². The lowest BCUT2D eigenvalue weighted by atomic mass is 9.70. The van der Waals surface area contributed by atoms with E-state index in [4.69, 9.17) is 22.1 Å². The number of benzene rings is 1. The number of carbonyl (C=O) groups is 2. The zero-order chi connectivity index (χ0) is 27.9. The van der Waals surface area contributed by atoms with Crippen LogP contribution in [0.2, 0.25) is 5.02 Å². The summed E-state index contributed by atoms with van der Waals surface area (Å²) in [5.74, 6) is -1.48. The Bertz CT molecular complexity index is 1340. The van der Waals surface area contributed by atoms with E-state index < -0.39 is 29.3 Å². The average Bonchev–Trinajstić information content (AvgIpc) is 3.47. The third kappa shape index (κ3) is 5.60. The van der Waals surface area contributed by atoms with Crippen LogP contribution < -0.4 is 5.73 Å². The van der Waals surface area contributed by atoms with Gasteiger partial charge in [-0.2, -0.15) is 18.3 Å². The molecule has 4 rings (SSSR count). The number of primary amides is 1. The molecular weight excluding hydrogens is 541 g/mol. The number of likely N-dealkylation sites (N-methyl/N-ethyl adjacent to an activating group) is 1. The number of carbonyl (C=O) groups excluding carboxylic acids is 2. The van der Waals surface area contributed by atoms with E-state index in [9.17, 15) is 22.8 Å². The number of aryl methyl sites for hydroxylation is 1. The molecule has 2 N–H and O–H groups in total. The molecule has 1 aliphatic rings. The van der Waals surface area contributed by atoms with Crippen LogP contribution in [0, 0.1) is 0 Å². The van der Waals surface area contributed by atoms with Crippen LogP contribution in [-0.2, 0) is 29.2 Å². The number of nitrogens with two attached hydrogens (primary N) is 1. The number of thiophene rings is 1. The predicted molar refractivity (Wildman–Crippen MR) is 139 cm³/mol. The van der Waals surface area contributed by atoms with E-state index in [1.807, 2.05) is 38.4 Å². The molecule has 0 radical (unpaired) electrons. The number of ether oxygens (including phenoxy) is 1. The first kappa shape index (κ1) is 28.1. The Morgan fingerprint density at radius 1 is 1.16 bits per heavy atom. The summed E-state index contributed by atoms with van der Waals surface area (Å²) in [7, 11) is 5.15. The number of nitrogens with zero attached hydrogens (tertiary/aromatic N) is 3. The number of hydrogen-bond acceptors (Lipinski definition) is 6.